The molecule has 0 saturated carbocycles. The third-order valence-electron chi connectivity index (χ3n) is 10.9. The number of piperidine rings is 1. The summed E-state index contributed by atoms with van der Waals surface area (Å²) in [5.74, 6) is -3.67. The number of nitrogens with one attached hydrogen (secondary N) is 4. The number of fused-ring (bicyclic) bond motifs is 2. The van der Waals surface area contributed by atoms with Gasteiger partial charge in [0.2, 0.25) is 17.7 Å². The quantitative estimate of drug-likeness (QED) is 0.0630. The fourth-order valence-electron chi connectivity index (χ4n) is 7.60. The molecule has 0 aliphatic carbocycles. The highest BCUT2D eigenvalue weighted by Crippen LogP contribution is 2.34. The van der Waals surface area contributed by atoms with Gasteiger partial charge in [-0.25, -0.2) is 9.78 Å². The number of rotatable bonds is 20. The average molecular weight is 855 g/mol. The van der Waals surface area contributed by atoms with Crippen LogP contribution in [-0.2, 0) is 25.7 Å². The first-order valence-electron chi connectivity index (χ1n) is 20.4. The summed E-state index contributed by atoms with van der Waals surface area (Å²) in [5, 5.41) is 18.6. The van der Waals surface area contributed by atoms with E-state index in [-0.39, 0.29) is 48.3 Å². The van der Waals surface area contributed by atoms with Crippen LogP contribution in [0.25, 0.3) is 10.9 Å². The Morgan fingerprint density at radius 3 is 2.46 bits per heavy atom. The number of hydrogen-bond acceptors (Lipinski definition) is 12. The van der Waals surface area contributed by atoms with Gasteiger partial charge in [-0.05, 0) is 74.6 Å². The number of unbranched alkanes of at least 4 members (excludes halogenated alkanes) is 5. The van der Waals surface area contributed by atoms with E-state index in [1.165, 1.54) is 11.3 Å². The Labute approximate surface area is 355 Å². The van der Waals surface area contributed by atoms with E-state index in [0.29, 0.717) is 46.9 Å². The first-order chi connectivity index (χ1) is 29.2. The number of aromatic amines is 1. The van der Waals surface area contributed by atoms with Crippen molar-refractivity contribution in [1.82, 2.24) is 30.8 Å². The lowest BCUT2D eigenvalue weighted by Crippen LogP contribution is -2.54. The molecule has 0 spiro atoms. The number of hydrogen-bond donors (Lipinski definition) is 5. The predicted octanol–water partition coefficient (Wildman–Crippen LogP) is 3.89. The standard InChI is InChI=1S/C43H50N8O9S/c1-25-45-29-14-13-26(23-28(29)38(54)46-25)24-50(3)36-20-17-33(61-36)40(56)47-30(43(59)60)15-18-34(52)44-21-8-6-4-5-7-9-22-49(2)31-12-10-11-27-37(31)42(58)51(41(27)57)32-16-19-35(53)48-39(32)55/h10-14,17,20,23,30,32H,4-9,15-16,18-19,21-22,24H2,1-3H3,(H,44,52)(H,47,56)(H,59,60)(H,45,46,54)(H,48,53,55). The van der Waals surface area contributed by atoms with Gasteiger partial charge in [0.15, 0.2) is 0 Å². The molecule has 1 saturated heterocycles. The van der Waals surface area contributed by atoms with Crippen molar-refractivity contribution in [3.63, 3.8) is 0 Å². The molecular formula is C43H50N8O9S. The van der Waals surface area contributed by atoms with E-state index in [1.807, 2.05) is 30.0 Å². The Morgan fingerprint density at radius 1 is 0.951 bits per heavy atom. The highest BCUT2D eigenvalue weighted by atomic mass is 32.1. The van der Waals surface area contributed by atoms with Crippen LogP contribution < -0.4 is 31.3 Å². The summed E-state index contributed by atoms with van der Waals surface area (Å²) in [6.07, 6.45) is 5.35. The van der Waals surface area contributed by atoms with Gasteiger partial charge >= 0.3 is 5.97 Å². The zero-order valence-electron chi connectivity index (χ0n) is 34.4. The smallest absolute Gasteiger partial charge is 0.326 e. The zero-order valence-corrected chi connectivity index (χ0v) is 35.2. The molecule has 2 aliphatic heterocycles. The SMILES string of the molecule is Cc1nc2ccc(CN(C)c3ccc(C(=O)NC(CCC(=O)NCCCCCCCCN(C)c4cccc5c4C(=O)N(C4CCC(=O)NC4=O)C5=O)C(=O)O)s3)cc2c(=O)[nH]1. The van der Waals surface area contributed by atoms with Crippen LogP contribution in [0.2, 0.25) is 0 Å². The number of benzene rings is 2. The molecule has 18 heteroatoms. The molecule has 6 rings (SSSR count). The van der Waals surface area contributed by atoms with E-state index >= 15 is 0 Å². The number of imide groups is 2. The number of nitrogens with zero attached hydrogens (tertiary/aromatic N) is 4. The van der Waals surface area contributed by atoms with Gasteiger partial charge in [0.25, 0.3) is 23.3 Å². The number of carboxylic acids is 1. The van der Waals surface area contributed by atoms with Crippen molar-refractivity contribution in [2.75, 3.05) is 37.0 Å². The summed E-state index contributed by atoms with van der Waals surface area (Å²) in [5.41, 5.74) is 2.40. The number of carbonyl (C=O) groups is 7. The number of aryl methyl sites for hydroxylation is 1. The summed E-state index contributed by atoms with van der Waals surface area (Å²) in [4.78, 5) is 113. The van der Waals surface area contributed by atoms with Crippen LogP contribution in [0.15, 0.2) is 53.3 Å². The maximum absolute atomic E-state index is 13.4. The molecule has 17 nitrogen and oxygen atoms in total. The summed E-state index contributed by atoms with van der Waals surface area (Å²) in [6, 6.07) is 11.7. The van der Waals surface area contributed by atoms with Crippen molar-refractivity contribution in [3.05, 3.63) is 86.3 Å². The van der Waals surface area contributed by atoms with Gasteiger partial charge < -0.3 is 30.5 Å². The molecule has 2 aliphatic rings. The third-order valence-corrected chi connectivity index (χ3v) is 12.1. The molecule has 0 bridgehead atoms. The zero-order chi connectivity index (χ0) is 43.8. The lowest BCUT2D eigenvalue weighted by Gasteiger charge is -2.28. The molecule has 6 amide bonds. The van der Waals surface area contributed by atoms with E-state index in [4.69, 9.17) is 0 Å². The molecule has 1 fully saturated rings. The second kappa shape index (κ2) is 19.8. The largest absolute Gasteiger partial charge is 0.480 e. The molecule has 61 heavy (non-hydrogen) atoms. The lowest BCUT2D eigenvalue weighted by molar-refractivity contribution is -0.140. The molecule has 2 atom stereocenters. The normalized spacial score (nSPS) is 15.4. The van der Waals surface area contributed by atoms with Gasteiger partial charge in [-0.3, -0.25) is 43.8 Å². The number of anilines is 2. The summed E-state index contributed by atoms with van der Waals surface area (Å²) < 4.78 is 0. The molecule has 4 aromatic rings. The minimum absolute atomic E-state index is 0.0574. The van der Waals surface area contributed by atoms with Crippen LogP contribution >= 0.6 is 11.3 Å². The number of thiophene rings is 1. The van der Waals surface area contributed by atoms with Crippen LogP contribution in [-0.4, -0.2) is 101 Å². The van der Waals surface area contributed by atoms with Gasteiger partial charge in [-0.15, -0.1) is 11.3 Å². The molecular weight excluding hydrogens is 805 g/mol. The minimum atomic E-state index is -1.24. The Bertz CT molecular complexity index is 2410. The second-order valence-electron chi connectivity index (χ2n) is 15.4. The topological polar surface area (TPSA) is 231 Å². The molecule has 5 N–H and O–H groups in total. The predicted molar refractivity (Wildman–Crippen MR) is 229 cm³/mol. The average Bonchev–Trinajstić information content (AvgIpc) is 3.82. The number of carbonyl (C=O) groups excluding carboxylic acids is 6. The van der Waals surface area contributed by atoms with E-state index in [2.05, 4.69) is 25.9 Å². The summed E-state index contributed by atoms with van der Waals surface area (Å²) >= 11 is 1.20. The Morgan fingerprint density at radius 2 is 1.70 bits per heavy atom. The second-order valence-corrected chi connectivity index (χ2v) is 16.5. The summed E-state index contributed by atoms with van der Waals surface area (Å²) in [6.45, 7) is 3.28. The maximum Gasteiger partial charge on any atom is 0.326 e. The third kappa shape index (κ3) is 10.7. The molecule has 322 valence electrons. The first kappa shape index (κ1) is 44.1. The molecule has 2 aromatic heterocycles. The Kier molecular flexibility index (Phi) is 14.3. The maximum atomic E-state index is 13.4. The van der Waals surface area contributed by atoms with Gasteiger partial charge in [0.05, 0.1) is 37.6 Å². The van der Waals surface area contributed by atoms with Crippen molar-refractivity contribution in [2.24, 2.45) is 0 Å². The van der Waals surface area contributed by atoms with Crippen molar-refractivity contribution in [2.45, 2.75) is 89.8 Å². The Hall–Kier alpha value is -6.43. The van der Waals surface area contributed by atoms with E-state index < -0.39 is 47.6 Å². The highest BCUT2D eigenvalue weighted by molar-refractivity contribution is 7.18. The van der Waals surface area contributed by atoms with Crippen molar-refractivity contribution in [1.29, 1.82) is 0 Å². The van der Waals surface area contributed by atoms with Crippen LogP contribution in [0.1, 0.15) is 106 Å². The number of amides is 6. The van der Waals surface area contributed by atoms with Gasteiger partial charge in [-0.2, -0.15) is 0 Å². The van der Waals surface area contributed by atoms with Gasteiger partial charge in [0.1, 0.15) is 17.9 Å². The van der Waals surface area contributed by atoms with Gasteiger partial charge in [0, 0.05) is 46.6 Å². The fourth-order valence-corrected chi connectivity index (χ4v) is 8.47. The number of aromatic nitrogens is 2. The van der Waals surface area contributed by atoms with Crippen molar-refractivity contribution >= 4 is 74.3 Å². The summed E-state index contributed by atoms with van der Waals surface area (Å²) in [7, 11) is 3.71. The lowest BCUT2D eigenvalue weighted by atomic mass is 10.0. The highest BCUT2D eigenvalue weighted by Gasteiger charge is 2.46. The van der Waals surface area contributed by atoms with Crippen LogP contribution in [0, 0.1) is 6.92 Å². The Balaban J connectivity index is 0.854. The van der Waals surface area contributed by atoms with Crippen LogP contribution in [0.3, 0.4) is 0 Å². The van der Waals surface area contributed by atoms with E-state index in [1.54, 1.807) is 49.4 Å². The molecule has 4 heterocycles. The monoisotopic (exact) mass is 854 g/mol. The number of H-pyrrole nitrogens is 1. The van der Waals surface area contributed by atoms with Crippen molar-refractivity contribution < 1.29 is 38.7 Å². The number of aliphatic carboxylic acids is 1. The first-order valence-corrected chi connectivity index (χ1v) is 21.2. The van der Waals surface area contributed by atoms with E-state index in [9.17, 15) is 43.5 Å². The van der Waals surface area contributed by atoms with E-state index in [0.717, 1.165) is 54.0 Å². The fraction of sp³-hybridized carbons (Fsp3) is 0.419. The van der Waals surface area contributed by atoms with Crippen LogP contribution in [0.4, 0.5) is 10.7 Å². The van der Waals surface area contributed by atoms with Crippen molar-refractivity contribution in [3.8, 4) is 0 Å². The van der Waals surface area contributed by atoms with Gasteiger partial charge in [-0.1, -0.05) is 37.8 Å². The number of carboxylic acid groups (broad SMARTS) is 1. The molecule has 2 aromatic carbocycles. The van der Waals surface area contributed by atoms with Crippen LogP contribution in [0.5, 0.6) is 0 Å². The molecule has 0 radical (unpaired) electrons. The molecule has 2 unspecified atom stereocenters. The minimum Gasteiger partial charge on any atom is -0.480 e.